The molecule has 0 fully saturated rings. The molecule has 0 aliphatic carbocycles. The third-order valence-electron chi connectivity index (χ3n) is 9.75. The normalized spacial score (nSPS) is 11.5. The van der Waals surface area contributed by atoms with Crippen LogP contribution in [0.4, 0.5) is 0 Å². The van der Waals surface area contributed by atoms with E-state index in [0.717, 1.165) is 71.5 Å². The minimum Gasteiger partial charge on any atom is -0.456 e. The van der Waals surface area contributed by atoms with Gasteiger partial charge in [-0.15, -0.1) is 0 Å². The van der Waals surface area contributed by atoms with Gasteiger partial charge in [0.2, 0.25) is 0 Å². The lowest BCUT2D eigenvalue weighted by Gasteiger charge is -2.17. The van der Waals surface area contributed by atoms with E-state index in [9.17, 15) is 0 Å². The van der Waals surface area contributed by atoms with E-state index in [1.54, 1.807) is 0 Å². The summed E-state index contributed by atoms with van der Waals surface area (Å²) in [5.74, 6) is 1.92. The van der Waals surface area contributed by atoms with Gasteiger partial charge in [-0.1, -0.05) is 158 Å². The summed E-state index contributed by atoms with van der Waals surface area (Å²) in [4.78, 5) is 15.4. The van der Waals surface area contributed by atoms with E-state index in [2.05, 4.69) is 103 Å². The van der Waals surface area contributed by atoms with Gasteiger partial charge >= 0.3 is 0 Å². The molecular weight excluding hydrogens is 623 g/mol. The van der Waals surface area contributed by atoms with Crippen molar-refractivity contribution in [2.75, 3.05) is 0 Å². The molecule has 4 heteroatoms. The fourth-order valence-electron chi connectivity index (χ4n) is 7.34. The molecule has 0 amide bonds. The van der Waals surface area contributed by atoms with E-state index in [1.807, 2.05) is 72.8 Å². The van der Waals surface area contributed by atoms with Crippen LogP contribution in [0.2, 0.25) is 0 Å². The van der Waals surface area contributed by atoms with Gasteiger partial charge in [0.05, 0.1) is 0 Å². The van der Waals surface area contributed by atoms with Crippen molar-refractivity contribution < 1.29 is 4.42 Å². The average Bonchev–Trinajstić information content (AvgIpc) is 3.58. The van der Waals surface area contributed by atoms with Crippen molar-refractivity contribution in [1.82, 2.24) is 15.0 Å². The predicted octanol–water partition coefficient (Wildman–Crippen LogP) is 12.4. The lowest BCUT2D eigenvalue weighted by molar-refractivity contribution is 0.669. The van der Waals surface area contributed by atoms with Gasteiger partial charge in [0, 0.05) is 27.5 Å². The third-order valence-corrected chi connectivity index (χ3v) is 9.75. The Morgan fingerprint density at radius 2 is 0.843 bits per heavy atom. The highest BCUT2D eigenvalue weighted by atomic mass is 16.3. The first kappa shape index (κ1) is 29.0. The number of furan rings is 1. The molecule has 0 saturated heterocycles. The van der Waals surface area contributed by atoms with E-state index >= 15 is 0 Å². The van der Waals surface area contributed by atoms with Crippen LogP contribution in [-0.2, 0) is 0 Å². The Kier molecular flexibility index (Phi) is 6.78. The zero-order valence-corrected chi connectivity index (χ0v) is 27.5. The first-order valence-electron chi connectivity index (χ1n) is 17.1. The number of fused-ring (bicyclic) bond motifs is 5. The van der Waals surface area contributed by atoms with Gasteiger partial charge in [-0.25, -0.2) is 15.0 Å². The second-order valence-electron chi connectivity index (χ2n) is 12.8. The molecule has 8 aromatic carbocycles. The smallest absolute Gasteiger partial charge is 0.165 e. The lowest BCUT2D eigenvalue weighted by atomic mass is 9.88. The molecule has 4 nitrogen and oxygen atoms in total. The summed E-state index contributed by atoms with van der Waals surface area (Å²) in [6.45, 7) is 0. The second kappa shape index (κ2) is 11.9. The van der Waals surface area contributed by atoms with Crippen molar-refractivity contribution in [3.05, 3.63) is 176 Å². The highest BCUT2D eigenvalue weighted by molar-refractivity contribution is 6.12. The molecule has 0 N–H and O–H groups in total. The molecule has 0 radical (unpaired) electrons. The number of benzene rings is 8. The fraction of sp³-hybridized carbons (Fsp3) is 0. The summed E-state index contributed by atoms with van der Waals surface area (Å²) in [7, 11) is 0. The molecule has 0 atom stereocenters. The molecule has 238 valence electrons. The third kappa shape index (κ3) is 4.96. The molecule has 0 aliphatic heterocycles. The van der Waals surface area contributed by atoms with Crippen LogP contribution in [0.15, 0.2) is 180 Å². The molecule has 2 heterocycles. The molecule has 0 saturated carbocycles. The first-order valence-corrected chi connectivity index (χ1v) is 17.1. The summed E-state index contributed by atoms with van der Waals surface area (Å²) in [5.41, 5.74) is 9.16. The van der Waals surface area contributed by atoms with Crippen LogP contribution in [0.5, 0.6) is 0 Å². The Morgan fingerprint density at radius 1 is 0.314 bits per heavy atom. The molecule has 51 heavy (non-hydrogen) atoms. The van der Waals surface area contributed by atoms with Crippen LogP contribution in [0.3, 0.4) is 0 Å². The van der Waals surface area contributed by atoms with Gasteiger partial charge < -0.3 is 4.42 Å². The number of para-hydroxylation sites is 1. The van der Waals surface area contributed by atoms with E-state index in [0.29, 0.717) is 17.5 Å². The van der Waals surface area contributed by atoms with Crippen LogP contribution in [0.25, 0.3) is 99.9 Å². The quantitative estimate of drug-likeness (QED) is 0.186. The van der Waals surface area contributed by atoms with Crippen molar-refractivity contribution in [2.45, 2.75) is 0 Å². The van der Waals surface area contributed by atoms with E-state index < -0.39 is 0 Å². The Balaban J connectivity index is 1.22. The molecule has 0 aliphatic rings. The van der Waals surface area contributed by atoms with Crippen LogP contribution >= 0.6 is 0 Å². The first-order chi connectivity index (χ1) is 25.3. The largest absolute Gasteiger partial charge is 0.456 e. The minimum absolute atomic E-state index is 0.639. The highest BCUT2D eigenvalue weighted by Gasteiger charge is 2.20. The Morgan fingerprint density at radius 3 is 1.57 bits per heavy atom. The van der Waals surface area contributed by atoms with E-state index in [-0.39, 0.29) is 0 Å². The standard InChI is InChI=1S/C47H29N3O/c1-3-14-31(15-4-1)45-48-46(32-16-5-2-6-17-32)50-47(49-45)44-35-18-8-7-13-30(35)23-25-40(44)38-27-26-34(36-19-9-10-20-37(36)38)33-24-28-43-41(29-33)39-21-11-12-22-42(39)51-43/h1-29H. The van der Waals surface area contributed by atoms with Crippen molar-refractivity contribution in [1.29, 1.82) is 0 Å². The van der Waals surface area contributed by atoms with Crippen molar-refractivity contribution in [2.24, 2.45) is 0 Å². The summed E-state index contributed by atoms with van der Waals surface area (Å²) < 4.78 is 6.15. The van der Waals surface area contributed by atoms with Gasteiger partial charge in [-0.2, -0.15) is 0 Å². The maximum Gasteiger partial charge on any atom is 0.165 e. The van der Waals surface area contributed by atoms with Gasteiger partial charge in [0.1, 0.15) is 11.2 Å². The molecule has 0 spiro atoms. The number of rotatable bonds is 5. The van der Waals surface area contributed by atoms with Crippen molar-refractivity contribution in [3.63, 3.8) is 0 Å². The molecule has 2 aromatic heterocycles. The van der Waals surface area contributed by atoms with Gasteiger partial charge in [0.15, 0.2) is 17.5 Å². The Hall–Kier alpha value is -6.91. The Labute approximate surface area is 294 Å². The second-order valence-corrected chi connectivity index (χ2v) is 12.8. The SMILES string of the molecule is c1ccc(-c2nc(-c3ccccc3)nc(-c3c(-c4ccc(-c5ccc6oc7ccccc7c6c5)c5ccccc45)ccc4ccccc34)n2)cc1. The van der Waals surface area contributed by atoms with Crippen LogP contribution < -0.4 is 0 Å². The van der Waals surface area contributed by atoms with E-state index in [1.165, 1.54) is 10.9 Å². The number of aromatic nitrogens is 3. The molecule has 0 unspecified atom stereocenters. The fourth-order valence-corrected chi connectivity index (χ4v) is 7.34. The number of nitrogens with zero attached hydrogens (tertiary/aromatic N) is 3. The Bertz CT molecular complexity index is 2860. The zero-order valence-electron chi connectivity index (χ0n) is 27.5. The molecule has 0 bridgehead atoms. The summed E-state index contributed by atoms with van der Waals surface area (Å²) in [5, 5.41) is 6.78. The number of hydrogen-bond donors (Lipinski definition) is 0. The average molecular weight is 652 g/mol. The summed E-state index contributed by atoms with van der Waals surface area (Å²) >= 11 is 0. The summed E-state index contributed by atoms with van der Waals surface area (Å²) in [6.07, 6.45) is 0. The summed E-state index contributed by atoms with van der Waals surface area (Å²) in [6, 6.07) is 61.1. The zero-order chi connectivity index (χ0) is 33.7. The highest BCUT2D eigenvalue weighted by Crippen LogP contribution is 2.43. The van der Waals surface area contributed by atoms with Crippen LogP contribution in [-0.4, -0.2) is 15.0 Å². The molecular formula is C47H29N3O. The van der Waals surface area contributed by atoms with Gasteiger partial charge in [-0.3, -0.25) is 0 Å². The monoisotopic (exact) mass is 651 g/mol. The van der Waals surface area contributed by atoms with Crippen molar-refractivity contribution >= 4 is 43.5 Å². The van der Waals surface area contributed by atoms with Crippen LogP contribution in [0.1, 0.15) is 0 Å². The lowest BCUT2D eigenvalue weighted by Crippen LogP contribution is -2.02. The molecule has 10 aromatic rings. The van der Waals surface area contributed by atoms with Crippen molar-refractivity contribution in [3.8, 4) is 56.4 Å². The van der Waals surface area contributed by atoms with Crippen LogP contribution in [0, 0.1) is 0 Å². The maximum atomic E-state index is 6.15. The minimum atomic E-state index is 0.639. The van der Waals surface area contributed by atoms with Gasteiger partial charge in [0.25, 0.3) is 0 Å². The maximum absolute atomic E-state index is 6.15. The number of hydrogen-bond acceptors (Lipinski definition) is 4. The topological polar surface area (TPSA) is 51.8 Å². The van der Waals surface area contributed by atoms with Gasteiger partial charge in [-0.05, 0) is 62.0 Å². The van der Waals surface area contributed by atoms with E-state index in [4.69, 9.17) is 19.4 Å². The predicted molar refractivity (Wildman–Crippen MR) is 209 cm³/mol. The molecule has 10 rings (SSSR count).